The number of ketones is 1. The van der Waals surface area contributed by atoms with Crippen LogP contribution in [-0.4, -0.2) is 23.8 Å². The summed E-state index contributed by atoms with van der Waals surface area (Å²) in [6.45, 7) is 1.95. The Morgan fingerprint density at radius 3 is 2.42 bits per heavy atom. The molecule has 0 spiro atoms. The van der Waals surface area contributed by atoms with Gasteiger partial charge in [0.15, 0.2) is 11.4 Å². The molecule has 0 aliphatic carbocycles. The summed E-state index contributed by atoms with van der Waals surface area (Å²) < 4.78 is 0. The summed E-state index contributed by atoms with van der Waals surface area (Å²) in [5.74, 6) is -1.44. The lowest BCUT2D eigenvalue weighted by molar-refractivity contribution is -0.140. The molecule has 0 saturated heterocycles. The first-order valence-corrected chi connectivity index (χ1v) is 8.21. The highest BCUT2D eigenvalue weighted by atomic mass is 16.3. The molecule has 0 bridgehead atoms. The first kappa shape index (κ1) is 16.4. The third-order valence-electron chi connectivity index (χ3n) is 4.76. The van der Waals surface area contributed by atoms with E-state index in [9.17, 15) is 14.7 Å². The number of para-hydroxylation sites is 1. The monoisotopic (exact) mass is 323 g/mol. The number of anilines is 1. The van der Waals surface area contributed by atoms with E-state index >= 15 is 0 Å². The van der Waals surface area contributed by atoms with Crippen LogP contribution in [0.5, 0.6) is 0 Å². The molecule has 1 amide bonds. The number of likely N-dealkylation sites (N-methyl/N-ethyl adjacent to an activating group) is 1. The zero-order chi connectivity index (χ0) is 17.3. The van der Waals surface area contributed by atoms with Gasteiger partial charge in [-0.3, -0.25) is 9.59 Å². The highest BCUT2D eigenvalue weighted by molar-refractivity contribution is 6.11. The van der Waals surface area contributed by atoms with Gasteiger partial charge >= 0.3 is 0 Å². The van der Waals surface area contributed by atoms with Crippen LogP contribution < -0.4 is 4.90 Å². The van der Waals surface area contributed by atoms with Crippen LogP contribution in [0.2, 0.25) is 0 Å². The van der Waals surface area contributed by atoms with E-state index in [1.165, 1.54) is 4.90 Å². The lowest BCUT2D eigenvalue weighted by Gasteiger charge is -2.30. The van der Waals surface area contributed by atoms with E-state index in [0.717, 1.165) is 0 Å². The second kappa shape index (κ2) is 6.21. The molecular formula is C20H21NO3. The maximum absolute atomic E-state index is 13.1. The Hall–Kier alpha value is -2.46. The Morgan fingerprint density at radius 2 is 1.75 bits per heavy atom. The van der Waals surface area contributed by atoms with Crippen molar-refractivity contribution < 1.29 is 14.7 Å². The molecule has 3 rings (SSSR count). The van der Waals surface area contributed by atoms with Crippen LogP contribution in [0, 0.1) is 5.92 Å². The summed E-state index contributed by atoms with van der Waals surface area (Å²) in [7, 11) is 1.63. The van der Waals surface area contributed by atoms with Gasteiger partial charge in [0.05, 0.1) is 11.6 Å². The van der Waals surface area contributed by atoms with E-state index in [4.69, 9.17) is 0 Å². The molecule has 1 N–H and O–H groups in total. The second-order valence-corrected chi connectivity index (χ2v) is 6.22. The zero-order valence-corrected chi connectivity index (χ0v) is 13.9. The van der Waals surface area contributed by atoms with Gasteiger partial charge < -0.3 is 10.0 Å². The van der Waals surface area contributed by atoms with Crippen LogP contribution in [0.15, 0.2) is 54.6 Å². The number of nitrogens with zero attached hydrogens (tertiary/aromatic N) is 1. The van der Waals surface area contributed by atoms with E-state index < -0.39 is 17.4 Å². The molecule has 0 saturated carbocycles. The molecule has 1 heterocycles. The lowest BCUT2D eigenvalue weighted by Crippen LogP contribution is -2.47. The quantitative estimate of drug-likeness (QED) is 0.860. The number of carbonyl (C=O) groups excluding carboxylic acids is 2. The van der Waals surface area contributed by atoms with Gasteiger partial charge in [-0.15, -0.1) is 0 Å². The fourth-order valence-electron chi connectivity index (χ4n) is 3.53. The summed E-state index contributed by atoms with van der Waals surface area (Å²) in [6, 6.07) is 16.0. The molecular weight excluding hydrogens is 302 g/mol. The molecule has 2 aromatic rings. The Kier molecular flexibility index (Phi) is 4.24. The molecule has 0 aromatic heterocycles. The number of rotatable bonds is 5. The van der Waals surface area contributed by atoms with Crippen molar-refractivity contribution in [1.29, 1.82) is 0 Å². The Balaban J connectivity index is 2.11. The van der Waals surface area contributed by atoms with Crippen LogP contribution in [0.4, 0.5) is 5.69 Å². The summed E-state index contributed by atoms with van der Waals surface area (Å²) in [5.41, 5.74) is -0.120. The van der Waals surface area contributed by atoms with Gasteiger partial charge in [-0.1, -0.05) is 61.9 Å². The molecule has 4 nitrogen and oxygen atoms in total. The minimum Gasteiger partial charge on any atom is -0.375 e. The topological polar surface area (TPSA) is 57.6 Å². The molecule has 124 valence electrons. The van der Waals surface area contributed by atoms with E-state index in [1.54, 1.807) is 49.5 Å². The van der Waals surface area contributed by atoms with E-state index in [0.29, 0.717) is 29.7 Å². The minimum atomic E-state index is -1.81. The maximum Gasteiger partial charge on any atom is 0.264 e. The van der Waals surface area contributed by atoms with E-state index in [-0.39, 0.29) is 5.78 Å². The number of aliphatic hydroxyl groups is 1. The van der Waals surface area contributed by atoms with E-state index in [1.807, 2.05) is 19.1 Å². The van der Waals surface area contributed by atoms with Crippen LogP contribution in [0.1, 0.15) is 35.7 Å². The Morgan fingerprint density at radius 1 is 1.12 bits per heavy atom. The van der Waals surface area contributed by atoms with Crippen LogP contribution in [-0.2, 0) is 10.4 Å². The van der Waals surface area contributed by atoms with Gasteiger partial charge in [0.1, 0.15) is 0 Å². The second-order valence-electron chi connectivity index (χ2n) is 6.22. The number of hydrogen-bond acceptors (Lipinski definition) is 3. The van der Waals surface area contributed by atoms with Crippen molar-refractivity contribution in [2.45, 2.75) is 25.4 Å². The molecule has 2 atom stereocenters. The maximum atomic E-state index is 13.1. The molecule has 0 unspecified atom stereocenters. The number of amides is 1. The van der Waals surface area contributed by atoms with Crippen molar-refractivity contribution >= 4 is 17.4 Å². The summed E-state index contributed by atoms with van der Waals surface area (Å²) >= 11 is 0. The Bertz CT molecular complexity index is 771. The van der Waals surface area contributed by atoms with Gasteiger partial charge in [0.2, 0.25) is 0 Å². The molecule has 4 heteroatoms. The van der Waals surface area contributed by atoms with Crippen molar-refractivity contribution in [3.8, 4) is 0 Å². The smallest absolute Gasteiger partial charge is 0.264 e. The first-order valence-electron chi connectivity index (χ1n) is 8.21. The summed E-state index contributed by atoms with van der Waals surface area (Å²) in [6.07, 6.45) is 1.14. The fourth-order valence-corrected chi connectivity index (χ4v) is 3.53. The number of fused-ring (bicyclic) bond motifs is 1. The third kappa shape index (κ3) is 2.34. The molecule has 24 heavy (non-hydrogen) atoms. The predicted octanol–water partition coefficient (Wildman–Crippen LogP) is 3.15. The van der Waals surface area contributed by atoms with Crippen LogP contribution >= 0.6 is 0 Å². The number of Topliss-reactive ketones (excluding diaryl/α,β-unsaturated/α-hetero) is 1. The zero-order valence-electron chi connectivity index (χ0n) is 13.9. The van der Waals surface area contributed by atoms with Crippen LogP contribution in [0.25, 0.3) is 0 Å². The predicted molar refractivity (Wildman–Crippen MR) is 92.9 cm³/mol. The van der Waals surface area contributed by atoms with Crippen molar-refractivity contribution in [3.05, 3.63) is 65.7 Å². The van der Waals surface area contributed by atoms with Gasteiger partial charge in [0, 0.05) is 18.2 Å². The van der Waals surface area contributed by atoms with Crippen molar-refractivity contribution in [1.82, 2.24) is 0 Å². The largest absolute Gasteiger partial charge is 0.375 e. The van der Waals surface area contributed by atoms with Crippen molar-refractivity contribution in [2.75, 3.05) is 11.9 Å². The lowest BCUT2D eigenvalue weighted by atomic mass is 9.75. The normalized spacial score (nSPS) is 20.8. The minimum absolute atomic E-state index is 0.196. The number of hydrogen-bond donors (Lipinski definition) is 1. The van der Waals surface area contributed by atoms with Gasteiger partial charge in [0.25, 0.3) is 5.91 Å². The van der Waals surface area contributed by atoms with Gasteiger partial charge in [-0.05, 0) is 12.5 Å². The SMILES string of the molecule is CCC[C@H](C(=O)c1ccccc1)[C@@]1(O)C(=O)N(C)c2ccccc21. The number of carbonyl (C=O) groups is 2. The van der Waals surface area contributed by atoms with E-state index in [2.05, 4.69) is 0 Å². The molecule has 1 aliphatic heterocycles. The Labute approximate surface area is 141 Å². The van der Waals surface area contributed by atoms with Gasteiger partial charge in [-0.25, -0.2) is 0 Å². The average Bonchev–Trinajstić information content (AvgIpc) is 2.82. The first-order chi connectivity index (χ1) is 11.5. The fraction of sp³-hybridized carbons (Fsp3) is 0.300. The van der Waals surface area contributed by atoms with Crippen LogP contribution in [0.3, 0.4) is 0 Å². The molecule has 2 aromatic carbocycles. The summed E-state index contributed by atoms with van der Waals surface area (Å²) in [5, 5.41) is 11.4. The molecule has 0 fully saturated rings. The number of benzene rings is 2. The third-order valence-corrected chi connectivity index (χ3v) is 4.76. The average molecular weight is 323 g/mol. The van der Waals surface area contributed by atoms with Crippen molar-refractivity contribution in [3.63, 3.8) is 0 Å². The van der Waals surface area contributed by atoms with Crippen molar-refractivity contribution in [2.24, 2.45) is 5.92 Å². The molecule has 0 radical (unpaired) electrons. The molecule has 1 aliphatic rings. The highest BCUT2D eigenvalue weighted by Gasteiger charge is 2.55. The summed E-state index contributed by atoms with van der Waals surface area (Å²) in [4.78, 5) is 27.4. The highest BCUT2D eigenvalue weighted by Crippen LogP contribution is 2.46. The van der Waals surface area contributed by atoms with Gasteiger partial charge in [-0.2, -0.15) is 0 Å². The standard InChI is InChI=1S/C20H21NO3/c1-3-9-16(18(22)14-10-5-4-6-11-14)20(24)15-12-7-8-13-17(15)21(2)19(20)23/h4-8,10-13,16,24H,3,9H2,1-2H3/t16-,20-/m1/s1.